The Morgan fingerprint density at radius 1 is 1.41 bits per heavy atom. The number of amides is 1. The van der Waals surface area contributed by atoms with E-state index in [0.29, 0.717) is 0 Å². The van der Waals surface area contributed by atoms with E-state index >= 15 is 0 Å². The van der Waals surface area contributed by atoms with E-state index in [2.05, 4.69) is 10.6 Å². The van der Waals surface area contributed by atoms with Crippen molar-refractivity contribution in [2.24, 2.45) is 11.3 Å². The van der Waals surface area contributed by atoms with Crippen LogP contribution in [0.15, 0.2) is 0 Å². The SMILES string of the molecule is CC1CCNC1C(=O)N[C@H](C(=O)O)C(C)(C)C. The summed E-state index contributed by atoms with van der Waals surface area (Å²) >= 11 is 0. The number of carbonyl (C=O) groups excluding carboxylic acids is 1. The van der Waals surface area contributed by atoms with Crippen LogP contribution in [-0.4, -0.2) is 35.6 Å². The van der Waals surface area contributed by atoms with Gasteiger partial charge in [0.1, 0.15) is 6.04 Å². The highest BCUT2D eigenvalue weighted by atomic mass is 16.4. The van der Waals surface area contributed by atoms with Gasteiger partial charge in [-0.1, -0.05) is 27.7 Å². The third-order valence-corrected chi connectivity index (χ3v) is 3.22. The van der Waals surface area contributed by atoms with Crippen LogP contribution in [0.25, 0.3) is 0 Å². The van der Waals surface area contributed by atoms with Crippen molar-refractivity contribution in [3.63, 3.8) is 0 Å². The Hall–Kier alpha value is -1.10. The second-order valence-electron chi connectivity index (χ2n) is 5.84. The molecule has 5 heteroatoms. The second kappa shape index (κ2) is 5.04. The van der Waals surface area contributed by atoms with Gasteiger partial charge in [-0.15, -0.1) is 0 Å². The van der Waals surface area contributed by atoms with Crippen molar-refractivity contribution in [3.8, 4) is 0 Å². The summed E-state index contributed by atoms with van der Waals surface area (Å²) in [4.78, 5) is 23.1. The molecule has 2 unspecified atom stereocenters. The quantitative estimate of drug-likeness (QED) is 0.677. The molecule has 0 saturated carbocycles. The normalized spacial score (nSPS) is 26.6. The molecular formula is C12H22N2O3. The van der Waals surface area contributed by atoms with E-state index in [0.717, 1.165) is 13.0 Å². The molecule has 1 rings (SSSR count). The maximum atomic E-state index is 12.0. The average molecular weight is 242 g/mol. The summed E-state index contributed by atoms with van der Waals surface area (Å²) < 4.78 is 0. The van der Waals surface area contributed by atoms with E-state index in [4.69, 9.17) is 5.11 Å². The fourth-order valence-corrected chi connectivity index (χ4v) is 2.07. The van der Waals surface area contributed by atoms with Crippen LogP contribution in [0.1, 0.15) is 34.1 Å². The van der Waals surface area contributed by atoms with Crippen LogP contribution in [0.5, 0.6) is 0 Å². The molecule has 1 heterocycles. The molecule has 17 heavy (non-hydrogen) atoms. The van der Waals surface area contributed by atoms with Crippen molar-refractivity contribution in [2.45, 2.75) is 46.2 Å². The Balaban J connectivity index is 2.68. The van der Waals surface area contributed by atoms with Crippen molar-refractivity contribution in [1.29, 1.82) is 0 Å². The molecule has 0 bridgehead atoms. The molecule has 0 aromatic carbocycles. The first kappa shape index (κ1) is 14.0. The zero-order valence-corrected chi connectivity index (χ0v) is 10.9. The Labute approximate surface area is 102 Å². The van der Waals surface area contributed by atoms with E-state index in [1.54, 1.807) is 20.8 Å². The first-order valence-electron chi connectivity index (χ1n) is 6.00. The van der Waals surface area contributed by atoms with Crippen molar-refractivity contribution in [1.82, 2.24) is 10.6 Å². The zero-order valence-electron chi connectivity index (χ0n) is 10.9. The highest BCUT2D eigenvalue weighted by Crippen LogP contribution is 2.21. The number of carbonyl (C=O) groups is 2. The number of aliphatic carboxylic acids is 1. The van der Waals surface area contributed by atoms with E-state index in [9.17, 15) is 9.59 Å². The van der Waals surface area contributed by atoms with Gasteiger partial charge in [0.2, 0.25) is 5.91 Å². The molecule has 1 fully saturated rings. The lowest BCUT2D eigenvalue weighted by Crippen LogP contribution is -2.54. The van der Waals surface area contributed by atoms with Gasteiger partial charge in [0.05, 0.1) is 6.04 Å². The zero-order chi connectivity index (χ0) is 13.2. The van der Waals surface area contributed by atoms with Gasteiger partial charge in [0.15, 0.2) is 0 Å². The Bertz CT molecular complexity index is 309. The van der Waals surface area contributed by atoms with Crippen LogP contribution in [-0.2, 0) is 9.59 Å². The lowest BCUT2D eigenvalue weighted by molar-refractivity contribution is -0.145. The molecule has 0 aliphatic carbocycles. The average Bonchev–Trinajstić information content (AvgIpc) is 2.58. The molecule has 0 aromatic rings. The first-order chi connectivity index (χ1) is 7.73. The molecule has 1 saturated heterocycles. The summed E-state index contributed by atoms with van der Waals surface area (Å²) in [5.74, 6) is -0.946. The molecule has 5 nitrogen and oxygen atoms in total. The molecule has 98 valence electrons. The van der Waals surface area contributed by atoms with Gasteiger partial charge in [-0.3, -0.25) is 4.79 Å². The van der Waals surface area contributed by atoms with Crippen LogP contribution in [0.3, 0.4) is 0 Å². The molecule has 1 aliphatic rings. The van der Waals surface area contributed by atoms with E-state index in [1.165, 1.54) is 0 Å². The molecule has 3 atom stereocenters. The molecule has 0 radical (unpaired) electrons. The van der Waals surface area contributed by atoms with Crippen LogP contribution >= 0.6 is 0 Å². The van der Waals surface area contributed by atoms with E-state index < -0.39 is 17.4 Å². The van der Waals surface area contributed by atoms with Crippen LogP contribution in [0.4, 0.5) is 0 Å². The molecule has 0 spiro atoms. The van der Waals surface area contributed by atoms with Crippen molar-refractivity contribution >= 4 is 11.9 Å². The summed E-state index contributed by atoms with van der Waals surface area (Å²) in [6.07, 6.45) is 0.950. The maximum Gasteiger partial charge on any atom is 0.326 e. The Kier molecular flexibility index (Phi) is 4.14. The number of carboxylic acids is 1. The maximum absolute atomic E-state index is 12.0. The fourth-order valence-electron chi connectivity index (χ4n) is 2.07. The van der Waals surface area contributed by atoms with Gasteiger partial charge >= 0.3 is 5.97 Å². The number of nitrogens with one attached hydrogen (secondary N) is 2. The predicted molar refractivity (Wildman–Crippen MR) is 64.6 cm³/mol. The highest BCUT2D eigenvalue weighted by Gasteiger charge is 2.36. The first-order valence-corrected chi connectivity index (χ1v) is 6.00. The van der Waals surface area contributed by atoms with E-state index in [-0.39, 0.29) is 17.9 Å². The third kappa shape index (κ3) is 3.43. The van der Waals surface area contributed by atoms with Crippen molar-refractivity contribution in [3.05, 3.63) is 0 Å². The van der Waals surface area contributed by atoms with Gasteiger partial charge in [0, 0.05) is 0 Å². The topological polar surface area (TPSA) is 78.4 Å². The summed E-state index contributed by atoms with van der Waals surface area (Å²) in [7, 11) is 0. The molecular weight excluding hydrogens is 220 g/mol. The minimum Gasteiger partial charge on any atom is -0.480 e. The van der Waals surface area contributed by atoms with Gasteiger partial charge in [-0.05, 0) is 24.3 Å². The number of hydrogen-bond acceptors (Lipinski definition) is 3. The van der Waals surface area contributed by atoms with Gasteiger partial charge in [-0.25, -0.2) is 4.79 Å². The molecule has 0 aromatic heterocycles. The third-order valence-electron chi connectivity index (χ3n) is 3.22. The largest absolute Gasteiger partial charge is 0.480 e. The van der Waals surface area contributed by atoms with E-state index in [1.807, 2.05) is 6.92 Å². The molecule has 3 N–H and O–H groups in total. The van der Waals surface area contributed by atoms with Gasteiger partial charge in [-0.2, -0.15) is 0 Å². The summed E-state index contributed by atoms with van der Waals surface area (Å²) in [5, 5.41) is 14.9. The monoisotopic (exact) mass is 242 g/mol. The lowest BCUT2D eigenvalue weighted by atomic mass is 9.86. The smallest absolute Gasteiger partial charge is 0.326 e. The minimum atomic E-state index is -0.989. The molecule has 1 amide bonds. The number of carboxylic acid groups (broad SMARTS) is 1. The standard InChI is InChI=1S/C12H22N2O3/c1-7-5-6-13-8(7)10(15)14-9(11(16)17)12(2,3)4/h7-9,13H,5-6H2,1-4H3,(H,14,15)(H,16,17)/t7?,8?,9-/m1/s1. The summed E-state index contributed by atoms with van der Waals surface area (Å²) in [6, 6.07) is -1.12. The van der Waals surface area contributed by atoms with Crippen molar-refractivity contribution in [2.75, 3.05) is 6.54 Å². The summed E-state index contributed by atoms with van der Waals surface area (Å²) in [6.45, 7) is 8.22. The minimum absolute atomic E-state index is 0.211. The fraction of sp³-hybridized carbons (Fsp3) is 0.833. The number of rotatable bonds is 3. The van der Waals surface area contributed by atoms with Crippen LogP contribution in [0, 0.1) is 11.3 Å². The van der Waals surface area contributed by atoms with Gasteiger partial charge in [0.25, 0.3) is 0 Å². The highest BCUT2D eigenvalue weighted by molar-refractivity contribution is 5.87. The van der Waals surface area contributed by atoms with Crippen molar-refractivity contribution < 1.29 is 14.7 Å². The molecule has 1 aliphatic heterocycles. The van der Waals surface area contributed by atoms with Crippen LogP contribution < -0.4 is 10.6 Å². The lowest BCUT2D eigenvalue weighted by Gasteiger charge is -2.29. The van der Waals surface area contributed by atoms with Gasteiger partial charge < -0.3 is 15.7 Å². The van der Waals surface area contributed by atoms with Crippen LogP contribution in [0.2, 0.25) is 0 Å². The second-order valence-corrected chi connectivity index (χ2v) is 5.84. The number of hydrogen-bond donors (Lipinski definition) is 3. The predicted octanol–water partition coefficient (Wildman–Crippen LogP) is 0.600. The Morgan fingerprint density at radius 2 is 2.00 bits per heavy atom. The Morgan fingerprint density at radius 3 is 2.35 bits per heavy atom. The summed E-state index contributed by atoms with van der Waals surface area (Å²) in [5.41, 5.74) is -0.497.